The van der Waals surface area contributed by atoms with Gasteiger partial charge in [0.15, 0.2) is 0 Å². The van der Waals surface area contributed by atoms with Crippen LogP contribution in [0.4, 0.5) is 5.69 Å². The third-order valence-corrected chi connectivity index (χ3v) is 7.60. The zero-order valence-electron chi connectivity index (χ0n) is 13.7. The predicted molar refractivity (Wildman–Crippen MR) is 110 cm³/mol. The van der Waals surface area contributed by atoms with Crippen molar-refractivity contribution in [2.45, 2.75) is 25.3 Å². The second kappa shape index (κ2) is 7.49. The van der Waals surface area contributed by atoms with Crippen LogP contribution >= 0.6 is 28.7 Å². The second-order valence-electron chi connectivity index (χ2n) is 5.45. The van der Waals surface area contributed by atoms with Crippen LogP contribution in [0.2, 0.25) is 0 Å². The Morgan fingerprint density at radius 2 is 1.83 bits per heavy atom. The molecule has 5 heteroatoms. The van der Waals surface area contributed by atoms with Crippen LogP contribution < -0.4 is 9.47 Å². The van der Waals surface area contributed by atoms with Crippen molar-refractivity contribution >= 4 is 64.8 Å². The van der Waals surface area contributed by atoms with E-state index in [0.717, 1.165) is 13.1 Å². The molecule has 1 aliphatic rings. The molecule has 3 aromatic rings. The summed E-state index contributed by atoms with van der Waals surface area (Å²) in [5.74, 6) is 0. The molecule has 124 valence electrons. The van der Waals surface area contributed by atoms with Crippen molar-refractivity contribution in [3.05, 3.63) is 58.1 Å². The first-order valence-corrected chi connectivity index (χ1v) is 10.5. The summed E-state index contributed by atoms with van der Waals surface area (Å²) < 4.78 is 5.44. The summed E-state index contributed by atoms with van der Waals surface area (Å²) in [4.78, 5) is 3.80. The number of fused-ring (bicyclic) bond motifs is 2. The fourth-order valence-corrected chi connectivity index (χ4v) is 6.85. The third kappa shape index (κ3) is 2.99. The molecule has 0 fully saturated rings. The van der Waals surface area contributed by atoms with Crippen LogP contribution in [0.1, 0.15) is 18.4 Å². The molecule has 0 atom stereocenters. The molecule has 0 N–H and O–H groups in total. The topological polar surface area (TPSA) is 7.12 Å². The minimum atomic E-state index is 0. The van der Waals surface area contributed by atoms with Crippen molar-refractivity contribution in [1.82, 2.24) is 0 Å². The summed E-state index contributed by atoms with van der Waals surface area (Å²) >= 11 is 2.29. The average Bonchev–Trinajstić information content (AvgIpc) is 3.11. The molecule has 0 radical (unpaired) electrons. The van der Waals surface area contributed by atoms with Crippen LogP contribution in [0.3, 0.4) is 0 Å². The maximum atomic E-state index is 2.47. The fraction of sp³-hybridized carbons (Fsp3) is 0.211. The number of para-hydroxylation sites is 2. The number of thioether (sulfide) groups is 1. The Bertz CT molecular complexity index is 903. The zero-order valence-corrected chi connectivity index (χ0v) is 18.0. The van der Waals surface area contributed by atoms with E-state index in [4.69, 9.17) is 0 Å². The fourth-order valence-electron chi connectivity index (χ4n) is 3.08. The number of rotatable bonds is 3. The van der Waals surface area contributed by atoms with Gasteiger partial charge in [-0.25, -0.2) is 0 Å². The molecular weight excluding hydrogens is 447 g/mol. The summed E-state index contributed by atoms with van der Waals surface area (Å²) in [7, 11) is 0. The maximum absolute atomic E-state index is 2.47. The standard InChI is InChI=1S/C19H19N2SSe.BrH/c1-3-20-14-9-5-7-11-16(14)22-18(20)13-19-21(4-2)15-10-6-8-12-17(15)23-19;/h5-13H,3-4H2,1-2H3;1H/q+1;. The number of halogens is 1. The van der Waals surface area contributed by atoms with Crippen molar-refractivity contribution < 1.29 is 4.57 Å². The number of aromatic nitrogens is 1. The molecule has 2 heterocycles. The van der Waals surface area contributed by atoms with Gasteiger partial charge in [0.25, 0.3) is 0 Å². The second-order valence-corrected chi connectivity index (χ2v) is 8.74. The first-order chi connectivity index (χ1) is 11.3. The molecule has 1 aliphatic heterocycles. The summed E-state index contributed by atoms with van der Waals surface area (Å²) in [6.07, 6.45) is 2.41. The first kappa shape index (κ1) is 17.8. The number of hydrogen-bond donors (Lipinski definition) is 0. The van der Waals surface area contributed by atoms with E-state index >= 15 is 0 Å². The van der Waals surface area contributed by atoms with Gasteiger partial charge in [-0.1, -0.05) is 0 Å². The number of benzene rings is 2. The van der Waals surface area contributed by atoms with Gasteiger partial charge < -0.3 is 0 Å². The van der Waals surface area contributed by atoms with Crippen molar-refractivity contribution in [1.29, 1.82) is 0 Å². The Morgan fingerprint density at radius 3 is 2.62 bits per heavy atom. The Balaban J connectivity index is 0.00000169. The monoisotopic (exact) mass is 467 g/mol. The van der Waals surface area contributed by atoms with Gasteiger partial charge in [-0.3, -0.25) is 0 Å². The van der Waals surface area contributed by atoms with Crippen molar-refractivity contribution in [2.24, 2.45) is 0 Å². The Kier molecular flexibility index (Phi) is 5.56. The van der Waals surface area contributed by atoms with E-state index in [1.165, 1.54) is 30.0 Å². The van der Waals surface area contributed by atoms with E-state index in [1.807, 2.05) is 11.8 Å². The summed E-state index contributed by atoms with van der Waals surface area (Å²) in [5, 5.41) is 1.36. The number of nitrogens with zero attached hydrogens (tertiary/aromatic N) is 2. The Morgan fingerprint density at radius 1 is 1.08 bits per heavy atom. The average molecular weight is 467 g/mol. The van der Waals surface area contributed by atoms with Gasteiger partial charge in [0.05, 0.1) is 0 Å². The van der Waals surface area contributed by atoms with Gasteiger partial charge in [-0.2, -0.15) is 0 Å². The van der Waals surface area contributed by atoms with E-state index in [1.54, 1.807) is 0 Å². The van der Waals surface area contributed by atoms with Crippen molar-refractivity contribution in [3.8, 4) is 0 Å². The molecule has 0 saturated heterocycles. The summed E-state index contributed by atoms with van der Waals surface area (Å²) in [5.41, 5.74) is 2.74. The third-order valence-electron chi connectivity index (χ3n) is 4.15. The molecule has 24 heavy (non-hydrogen) atoms. The first-order valence-electron chi connectivity index (χ1n) is 7.99. The molecule has 0 unspecified atom stereocenters. The Hall–Kier alpha value is -1.00. The number of anilines is 1. The van der Waals surface area contributed by atoms with Crippen molar-refractivity contribution in [2.75, 3.05) is 11.4 Å². The molecule has 0 bridgehead atoms. The SMILES string of the molecule is Br.CCN1/C(=C\c2[se]c3ccccc3[n+]2CC)Sc2ccccc21. The quantitative estimate of drug-likeness (QED) is 0.407. The van der Waals surface area contributed by atoms with E-state index in [0.29, 0.717) is 14.5 Å². The predicted octanol–water partition coefficient (Wildman–Crippen LogP) is 4.71. The van der Waals surface area contributed by atoms with Crippen molar-refractivity contribution in [3.63, 3.8) is 0 Å². The van der Waals surface area contributed by atoms with E-state index in [-0.39, 0.29) is 17.0 Å². The molecule has 0 saturated carbocycles. The molecule has 0 aliphatic carbocycles. The van der Waals surface area contributed by atoms with Gasteiger partial charge in [0.1, 0.15) is 0 Å². The van der Waals surface area contributed by atoms with Crippen LogP contribution in [0.5, 0.6) is 0 Å². The molecule has 2 aromatic carbocycles. The molecule has 4 rings (SSSR count). The van der Waals surface area contributed by atoms with E-state index < -0.39 is 0 Å². The normalized spacial score (nSPS) is 14.9. The van der Waals surface area contributed by atoms with Crippen LogP contribution in [0.15, 0.2) is 58.5 Å². The van der Waals surface area contributed by atoms with Crippen LogP contribution in [0, 0.1) is 0 Å². The number of aryl methyl sites for hydroxylation is 1. The van der Waals surface area contributed by atoms with Crippen LogP contribution in [-0.4, -0.2) is 21.0 Å². The number of hydrogen-bond acceptors (Lipinski definition) is 2. The molecule has 0 spiro atoms. The van der Waals surface area contributed by atoms with Crippen LogP contribution in [-0.2, 0) is 6.54 Å². The molecule has 1 aromatic heterocycles. The van der Waals surface area contributed by atoms with Gasteiger partial charge in [0, 0.05) is 0 Å². The summed E-state index contributed by atoms with van der Waals surface area (Å²) in [6, 6.07) is 17.5. The molecule has 2 nitrogen and oxygen atoms in total. The van der Waals surface area contributed by atoms with Gasteiger partial charge in [-0.05, 0) is 0 Å². The van der Waals surface area contributed by atoms with Gasteiger partial charge in [0.2, 0.25) is 0 Å². The minimum absolute atomic E-state index is 0. The zero-order chi connectivity index (χ0) is 15.8. The molecule has 0 amide bonds. The molecular formula is C19H20BrN2SSe+. The summed E-state index contributed by atoms with van der Waals surface area (Å²) in [6.45, 7) is 6.51. The van der Waals surface area contributed by atoms with E-state index in [2.05, 4.69) is 77.9 Å². The Labute approximate surface area is 163 Å². The van der Waals surface area contributed by atoms with Gasteiger partial charge >= 0.3 is 147 Å². The van der Waals surface area contributed by atoms with E-state index in [9.17, 15) is 0 Å². The van der Waals surface area contributed by atoms with Gasteiger partial charge in [-0.15, -0.1) is 17.0 Å². The van der Waals surface area contributed by atoms with Crippen LogP contribution in [0.25, 0.3) is 15.9 Å².